The standard InChI is InChI=1S/C20H18N4S/c1-12-3-5-14(6-4-12)17-11-25-20-18(17)19(22-13(2)23-20)24-16-9-7-15(21)8-10-16/h3-11H,21H2,1-2H3,(H,22,23,24). The summed E-state index contributed by atoms with van der Waals surface area (Å²) in [6, 6.07) is 16.2. The van der Waals surface area contributed by atoms with E-state index >= 15 is 0 Å². The molecule has 0 amide bonds. The van der Waals surface area contributed by atoms with Gasteiger partial charge in [-0.15, -0.1) is 11.3 Å². The molecule has 0 fully saturated rings. The van der Waals surface area contributed by atoms with Crippen molar-refractivity contribution in [2.45, 2.75) is 13.8 Å². The number of fused-ring (bicyclic) bond motifs is 1. The van der Waals surface area contributed by atoms with Gasteiger partial charge >= 0.3 is 0 Å². The smallest absolute Gasteiger partial charge is 0.143 e. The van der Waals surface area contributed by atoms with Crippen LogP contribution < -0.4 is 11.1 Å². The molecule has 0 atom stereocenters. The third-order valence-corrected chi connectivity index (χ3v) is 4.95. The summed E-state index contributed by atoms with van der Waals surface area (Å²) in [4.78, 5) is 10.2. The Morgan fingerprint density at radius 2 is 1.64 bits per heavy atom. The van der Waals surface area contributed by atoms with Crippen LogP contribution in [0.25, 0.3) is 21.3 Å². The van der Waals surface area contributed by atoms with Crippen LogP contribution in [-0.2, 0) is 0 Å². The number of nitrogens with two attached hydrogens (primary N) is 1. The van der Waals surface area contributed by atoms with Crippen molar-refractivity contribution in [3.05, 3.63) is 65.3 Å². The van der Waals surface area contributed by atoms with Crippen LogP contribution in [0.1, 0.15) is 11.4 Å². The molecule has 25 heavy (non-hydrogen) atoms. The minimum atomic E-state index is 0.741. The normalized spacial score (nSPS) is 11.0. The Bertz CT molecular complexity index is 1030. The van der Waals surface area contributed by atoms with Gasteiger partial charge in [-0.3, -0.25) is 0 Å². The molecule has 2 aromatic heterocycles. The van der Waals surface area contributed by atoms with Crippen molar-refractivity contribution < 1.29 is 0 Å². The number of benzene rings is 2. The quantitative estimate of drug-likeness (QED) is 0.494. The number of hydrogen-bond acceptors (Lipinski definition) is 5. The molecule has 0 aliphatic carbocycles. The van der Waals surface area contributed by atoms with Crippen LogP contribution in [0.5, 0.6) is 0 Å². The molecule has 0 unspecified atom stereocenters. The van der Waals surface area contributed by atoms with E-state index < -0.39 is 0 Å². The van der Waals surface area contributed by atoms with Gasteiger partial charge in [0.25, 0.3) is 0 Å². The van der Waals surface area contributed by atoms with Gasteiger partial charge < -0.3 is 11.1 Å². The molecule has 5 heteroatoms. The molecule has 0 saturated heterocycles. The zero-order chi connectivity index (χ0) is 17.4. The van der Waals surface area contributed by atoms with Crippen LogP contribution >= 0.6 is 11.3 Å². The Kier molecular flexibility index (Phi) is 3.86. The fourth-order valence-corrected chi connectivity index (χ4v) is 3.78. The van der Waals surface area contributed by atoms with Crippen LogP contribution in [-0.4, -0.2) is 9.97 Å². The minimum absolute atomic E-state index is 0.741. The van der Waals surface area contributed by atoms with Crippen molar-refractivity contribution in [1.82, 2.24) is 9.97 Å². The lowest BCUT2D eigenvalue weighted by molar-refractivity contribution is 1.10. The van der Waals surface area contributed by atoms with E-state index in [0.29, 0.717) is 0 Å². The number of hydrogen-bond donors (Lipinski definition) is 2. The van der Waals surface area contributed by atoms with E-state index in [9.17, 15) is 0 Å². The summed E-state index contributed by atoms with van der Waals surface area (Å²) < 4.78 is 0. The van der Waals surface area contributed by atoms with Crippen LogP contribution in [0.2, 0.25) is 0 Å². The molecule has 4 nitrogen and oxygen atoms in total. The highest BCUT2D eigenvalue weighted by molar-refractivity contribution is 7.17. The monoisotopic (exact) mass is 346 g/mol. The Balaban J connectivity index is 1.86. The summed E-state index contributed by atoms with van der Waals surface area (Å²) in [7, 11) is 0. The molecule has 2 aromatic carbocycles. The molecule has 0 aliphatic heterocycles. The lowest BCUT2D eigenvalue weighted by Crippen LogP contribution is -1.98. The van der Waals surface area contributed by atoms with Crippen molar-refractivity contribution in [2.75, 3.05) is 11.1 Å². The number of nitrogens with zero attached hydrogens (tertiary/aromatic N) is 2. The van der Waals surface area contributed by atoms with Gasteiger partial charge in [0.05, 0.1) is 5.39 Å². The fourth-order valence-electron chi connectivity index (χ4n) is 2.79. The van der Waals surface area contributed by atoms with Crippen molar-refractivity contribution in [2.24, 2.45) is 0 Å². The first-order valence-corrected chi connectivity index (χ1v) is 8.93. The number of aryl methyl sites for hydroxylation is 2. The van der Waals surface area contributed by atoms with Crippen molar-refractivity contribution in [3.63, 3.8) is 0 Å². The Hall–Kier alpha value is -2.92. The maximum Gasteiger partial charge on any atom is 0.143 e. The maximum absolute atomic E-state index is 5.78. The number of aromatic nitrogens is 2. The predicted molar refractivity (Wildman–Crippen MR) is 106 cm³/mol. The van der Waals surface area contributed by atoms with Gasteiger partial charge in [0.15, 0.2) is 0 Å². The molecule has 0 saturated carbocycles. The summed E-state index contributed by atoms with van der Waals surface area (Å²) in [5, 5.41) is 6.63. The zero-order valence-corrected chi connectivity index (χ0v) is 14.9. The third-order valence-electron chi connectivity index (χ3n) is 4.08. The van der Waals surface area contributed by atoms with Crippen LogP contribution in [0.15, 0.2) is 53.9 Å². The molecule has 0 radical (unpaired) electrons. The molecule has 4 rings (SSSR count). The van der Waals surface area contributed by atoms with Gasteiger partial charge in [-0.1, -0.05) is 29.8 Å². The first kappa shape index (κ1) is 15.6. The molecular weight excluding hydrogens is 328 g/mol. The Morgan fingerprint density at radius 3 is 2.36 bits per heavy atom. The van der Waals surface area contributed by atoms with Crippen molar-refractivity contribution in [3.8, 4) is 11.1 Å². The largest absolute Gasteiger partial charge is 0.399 e. The van der Waals surface area contributed by atoms with Gasteiger partial charge in [-0.25, -0.2) is 9.97 Å². The first-order chi connectivity index (χ1) is 12.1. The van der Waals surface area contributed by atoms with E-state index in [1.807, 2.05) is 31.2 Å². The van der Waals surface area contributed by atoms with Gasteiger partial charge in [0.2, 0.25) is 0 Å². The van der Waals surface area contributed by atoms with E-state index in [0.717, 1.165) is 38.8 Å². The van der Waals surface area contributed by atoms with Gasteiger partial charge in [0.1, 0.15) is 16.5 Å². The average molecular weight is 346 g/mol. The highest BCUT2D eigenvalue weighted by Crippen LogP contribution is 2.38. The van der Waals surface area contributed by atoms with E-state index in [2.05, 4.69) is 51.9 Å². The molecule has 0 spiro atoms. The molecule has 3 N–H and O–H groups in total. The predicted octanol–water partition coefficient (Wildman–Crippen LogP) is 5.30. The lowest BCUT2D eigenvalue weighted by atomic mass is 10.0. The van der Waals surface area contributed by atoms with Gasteiger partial charge in [0, 0.05) is 22.3 Å². The van der Waals surface area contributed by atoms with Crippen LogP contribution in [0.3, 0.4) is 0 Å². The number of anilines is 3. The SMILES string of the molecule is Cc1ccc(-c2csc3nc(C)nc(Nc4ccc(N)cc4)c23)cc1. The second-order valence-electron chi connectivity index (χ2n) is 6.06. The summed E-state index contributed by atoms with van der Waals surface area (Å²) in [6.07, 6.45) is 0. The second-order valence-corrected chi connectivity index (χ2v) is 6.92. The summed E-state index contributed by atoms with van der Waals surface area (Å²) in [5.41, 5.74) is 11.0. The number of rotatable bonds is 3. The molecule has 0 aliphatic rings. The maximum atomic E-state index is 5.78. The Labute approximate surface area is 150 Å². The van der Waals surface area contributed by atoms with Crippen molar-refractivity contribution >= 4 is 38.7 Å². The molecule has 2 heterocycles. The average Bonchev–Trinajstić information content (AvgIpc) is 3.01. The van der Waals surface area contributed by atoms with E-state index in [1.165, 1.54) is 11.1 Å². The second kappa shape index (κ2) is 6.18. The molecule has 124 valence electrons. The highest BCUT2D eigenvalue weighted by atomic mass is 32.1. The number of nitrogen functional groups attached to an aromatic ring is 1. The van der Waals surface area contributed by atoms with E-state index in [4.69, 9.17) is 5.73 Å². The van der Waals surface area contributed by atoms with E-state index in [1.54, 1.807) is 11.3 Å². The lowest BCUT2D eigenvalue weighted by Gasteiger charge is -2.10. The van der Waals surface area contributed by atoms with E-state index in [-0.39, 0.29) is 0 Å². The van der Waals surface area contributed by atoms with Crippen LogP contribution in [0.4, 0.5) is 17.2 Å². The fraction of sp³-hybridized carbons (Fsp3) is 0.100. The zero-order valence-electron chi connectivity index (χ0n) is 14.1. The summed E-state index contributed by atoms with van der Waals surface area (Å²) in [6.45, 7) is 4.01. The molecule has 4 aromatic rings. The third kappa shape index (κ3) is 3.06. The molecular formula is C20H18N4S. The van der Waals surface area contributed by atoms with Gasteiger partial charge in [-0.2, -0.15) is 0 Å². The topological polar surface area (TPSA) is 63.8 Å². The van der Waals surface area contributed by atoms with Crippen molar-refractivity contribution in [1.29, 1.82) is 0 Å². The van der Waals surface area contributed by atoms with Crippen LogP contribution in [0, 0.1) is 13.8 Å². The molecule has 0 bridgehead atoms. The minimum Gasteiger partial charge on any atom is -0.399 e. The Morgan fingerprint density at radius 1 is 0.920 bits per heavy atom. The number of thiophene rings is 1. The van der Waals surface area contributed by atoms with Gasteiger partial charge in [-0.05, 0) is 43.7 Å². The highest BCUT2D eigenvalue weighted by Gasteiger charge is 2.14. The summed E-state index contributed by atoms with van der Waals surface area (Å²) >= 11 is 1.64. The first-order valence-electron chi connectivity index (χ1n) is 8.05. The summed E-state index contributed by atoms with van der Waals surface area (Å²) in [5.74, 6) is 1.58. The number of nitrogens with one attached hydrogen (secondary N) is 1.